The molecule has 21 heavy (non-hydrogen) atoms. The topological polar surface area (TPSA) is 72.6 Å². The zero-order valence-corrected chi connectivity index (χ0v) is 13.5. The molecule has 0 aromatic heterocycles. The average molecular weight is 310 g/mol. The van der Waals surface area contributed by atoms with E-state index in [1.165, 1.54) is 11.4 Å². The Hall–Kier alpha value is -1.39. The maximum absolute atomic E-state index is 12.6. The van der Waals surface area contributed by atoms with Crippen LogP contribution in [-0.2, 0) is 14.8 Å². The first-order valence-electron chi connectivity index (χ1n) is 6.77. The Morgan fingerprint density at radius 1 is 1.38 bits per heavy atom. The van der Waals surface area contributed by atoms with Gasteiger partial charge in [-0.05, 0) is 31.5 Å². The van der Waals surface area contributed by atoms with Crippen molar-refractivity contribution in [3.8, 4) is 11.8 Å². The van der Waals surface area contributed by atoms with Crippen LogP contribution >= 0.6 is 0 Å². The number of benzene rings is 1. The van der Waals surface area contributed by atoms with E-state index in [1.54, 1.807) is 18.2 Å². The van der Waals surface area contributed by atoms with Crippen LogP contribution < -0.4 is 5.73 Å². The molecular weight excluding hydrogens is 288 g/mol. The van der Waals surface area contributed by atoms with Gasteiger partial charge >= 0.3 is 0 Å². The largest absolute Gasteiger partial charge is 0.380 e. The molecule has 0 aliphatic rings. The molecule has 0 saturated carbocycles. The third-order valence-corrected chi connectivity index (χ3v) is 4.82. The summed E-state index contributed by atoms with van der Waals surface area (Å²) in [6.45, 7) is 5.17. The molecule has 1 rings (SSSR count). The predicted octanol–water partition coefficient (Wildman–Crippen LogP) is 0.962. The summed E-state index contributed by atoms with van der Waals surface area (Å²) in [6, 6.07) is 5.10. The van der Waals surface area contributed by atoms with Crippen LogP contribution in [0, 0.1) is 18.8 Å². The van der Waals surface area contributed by atoms with Gasteiger partial charge in [0.05, 0.1) is 18.0 Å². The van der Waals surface area contributed by atoms with E-state index >= 15 is 0 Å². The molecule has 0 heterocycles. The van der Waals surface area contributed by atoms with E-state index in [0.717, 1.165) is 5.56 Å². The quantitative estimate of drug-likeness (QED) is 0.627. The van der Waals surface area contributed by atoms with Gasteiger partial charge < -0.3 is 10.5 Å². The summed E-state index contributed by atoms with van der Waals surface area (Å²) >= 11 is 0. The highest BCUT2D eigenvalue weighted by atomic mass is 32.2. The first kappa shape index (κ1) is 17.7. The molecule has 0 atom stereocenters. The van der Waals surface area contributed by atoms with Crippen molar-refractivity contribution in [2.24, 2.45) is 5.73 Å². The highest BCUT2D eigenvalue weighted by Gasteiger charge is 2.23. The molecule has 1 aromatic rings. The smallest absolute Gasteiger partial charge is 0.244 e. The number of hydrogen-bond acceptors (Lipinski definition) is 4. The summed E-state index contributed by atoms with van der Waals surface area (Å²) in [6.07, 6.45) is 0. The molecule has 2 N–H and O–H groups in total. The minimum atomic E-state index is -3.59. The summed E-state index contributed by atoms with van der Waals surface area (Å²) in [4.78, 5) is 0.202. The van der Waals surface area contributed by atoms with Crippen molar-refractivity contribution >= 4 is 10.0 Å². The molecule has 0 unspecified atom stereocenters. The second kappa shape index (κ2) is 8.15. The Bertz CT molecular complexity index is 630. The number of ether oxygens (including phenoxy) is 1. The number of sulfonamides is 1. The van der Waals surface area contributed by atoms with Crippen molar-refractivity contribution in [2.45, 2.75) is 18.7 Å². The van der Waals surface area contributed by atoms with Crippen molar-refractivity contribution in [2.75, 3.05) is 33.4 Å². The molecule has 0 amide bonds. The van der Waals surface area contributed by atoms with Gasteiger partial charge in [0.15, 0.2) is 0 Å². The van der Waals surface area contributed by atoms with Gasteiger partial charge in [-0.2, -0.15) is 4.31 Å². The van der Waals surface area contributed by atoms with Crippen LogP contribution in [0.3, 0.4) is 0 Å². The summed E-state index contributed by atoms with van der Waals surface area (Å²) in [5, 5.41) is 0. The molecule has 5 nitrogen and oxygen atoms in total. The Morgan fingerprint density at radius 3 is 2.71 bits per heavy atom. The van der Waals surface area contributed by atoms with Crippen molar-refractivity contribution in [3.63, 3.8) is 0 Å². The second-order valence-electron chi connectivity index (χ2n) is 4.53. The van der Waals surface area contributed by atoms with Crippen molar-refractivity contribution in [1.29, 1.82) is 0 Å². The molecule has 0 spiro atoms. The van der Waals surface area contributed by atoms with E-state index in [0.29, 0.717) is 25.3 Å². The third-order valence-electron chi connectivity index (χ3n) is 2.90. The SMILES string of the molecule is CCOCCN(C)S(=O)(=O)c1ccc(C)cc1C#CCN. The van der Waals surface area contributed by atoms with E-state index in [-0.39, 0.29) is 11.4 Å². The molecule has 116 valence electrons. The van der Waals surface area contributed by atoms with Crippen molar-refractivity contribution in [3.05, 3.63) is 29.3 Å². The molecule has 0 radical (unpaired) electrons. The standard InChI is InChI=1S/C15H22N2O3S/c1-4-20-11-10-17(3)21(18,19)15-8-7-13(2)12-14(15)6-5-9-16/h7-8,12H,4,9-11,16H2,1-3H3. The summed E-state index contributed by atoms with van der Waals surface area (Å²) < 4.78 is 31.7. The highest BCUT2D eigenvalue weighted by molar-refractivity contribution is 7.89. The highest BCUT2D eigenvalue weighted by Crippen LogP contribution is 2.20. The normalized spacial score (nSPS) is 11.3. The van der Waals surface area contributed by atoms with Crippen LogP contribution in [0.15, 0.2) is 23.1 Å². The van der Waals surface area contributed by atoms with Gasteiger partial charge in [-0.25, -0.2) is 8.42 Å². The molecule has 1 aromatic carbocycles. The van der Waals surface area contributed by atoms with Crippen molar-refractivity contribution < 1.29 is 13.2 Å². The molecule has 0 aliphatic carbocycles. The Kier molecular flexibility index (Phi) is 6.85. The number of nitrogens with zero attached hydrogens (tertiary/aromatic N) is 1. The Labute approximate surface area is 127 Å². The van der Waals surface area contributed by atoms with Crippen LogP contribution in [0.4, 0.5) is 0 Å². The van der Waals surface area contributed by atoms with Gasteiger partial charge in [0, 0.05) is 25.8 Å². The first-order valence-corrected chi connectivity index (χ1v) is 8.21. The fourth-order valence-corrected chi connectivity index (χ4v) is 3.02. The third kappa shape index (κ3) is 4.83. The number of likely N-dealkylation sites (N-methyl/N-ethyl adjacent to an activating group) is 1. The van der Waals surface area contributed by atoms with E-state index in [9.17, 15) is 8.42 Å². The Balaban J connectivity index is 3.12. The zero-order chi connectivity index (χ0) is 15.9. The second-order valence-corrected chi connectivity index (χ2v) is 6.54. The van der Waals surface area contributed by atoms with Crippen LogP contribution in [0.5, 0.6) is 0 Å². The molecule has 0 saturated heterocycles. The number of nitrogens with two attached hydrogens (primary N) is 1. The van der Waals surface area contributed by atoms with Gasteiger partial charge in [-0.1, -0.05) is 17.9 Å². The molecule has 0 bridgehead atoms. The predicted molar refractivity (Wildman–Crippen MR) is 83.4 cm³/mol. The van der Waals surface area contributed by atoms with E-state index in [2.05, 4.69) is 11.8 Å². The fourth-order valence-electron chi connectivity index (χ4n) is 1.74. The Morgan fingerprint density at radius 2 is 2.10 bits per heavy atom. The minimum absolute atomic E-state index is 0.188. The summed E-state index contributed by atoms with van der Waals surface area (Å²) in [5.41, 5.74) is 6.79. The molecule has 6 heteroatoms. The monoisotopic (exact) mass is 310 g/mol. The summed E-state index contributed by atoms with van der Waals surface area (Å²) in [5.74, 6) is 5.54. The lowest BCUT2D eigenvalue weighted by Gasteiger charge is -2.18. The first-order chi connectivity index (χ1) is 9.93. The average Bonchev–Trinajstić information content (AvgIpc) is 2.45. The molecule has 0 fully saturated rings. The summed E-state index contributed by atoms with van der Waals surface area (Å²) in [7, 11) is -2.05. The van der Waals surface area contributed by atoms with Crippen LogP contribution in [0.2, 0.25) is 0 Å². The van der Waals surface area contributed by atoms with Gasteiger partial charge in [-0.3, -0.25) is 0 Å². The van der Waals surface area contributed by atoms with Gasteiger partial charge in [-0.15, -0.1) is 0 Å². The lowest BCUT2D eigenvalue weighted by molar-refractivity contribution is 0.138. The minimum Gasteiger partial charge on any atom is -0.380 e. The molecular formula is C15H22N2O3S. The van der Waals surface area contributed by atoms with Gasteiger partial charge in [0.1, 0.15) is 0 Å². The maximum atomic E-state index is 12.6. The van der Waals surface area contributed by atoms with E-state index < -0.39 is 10.0 Å². The lowest BCUT2D eigenvalue weighted by atomic mass is 10.1. The van der Waals surface area contributed by atoms with Crippen LogP contribution in [0.25, 0.3) is 0 Å². The van der Waals surface area contributed by atoms with Gasteiger partial charge in [0.25, 0.3) is 0 Å². The van der Waals surface area contributed by atoms with E-state index in [4.69, 9.17) is 10.5 Å². The van der Waals surface area contributed by atoms with Crippen molar-refractivity contribution in [1.82, 2.24) is 4.31 Å². The lowest BCUT2D eigenvalue weighted by Crippen LogP contribution is -2.30. The fraction of sp³-hybridized carbons (Fsp3) is 0.467. The van der Waals surface area contributed by atoms with Gasteiger partial charge in [0.2, 0.25) is 10.0 Å². The van der Waals surface area contributed by atoms with Crippen LogP contribution in [-0.4, -0.2) is 46.1 Å². The number of hydrogen-bond donors (Lipinski definition) is 1. The van der Waals surface area contributed by atoms with Crippen LogP contribution in [0.1, 0.15) is 18.1 Å². The number of rotatable bonds is 6. The maximum Gasteiger partial charge on any atom is 0.244 e. The number of aryl methyl sites for hydroxylation is 1. The zero-order valence-electron chi connectivity index (χ0n) is 12.7. The van der Waals surface area contributed by atoms with E-state index in [1.807, 2.05) is 13.8 Å². The molecule has 0 aliphatic heterocycles.